The van der Waals surface area contributed by atoms with E-state index in [1.165, 1.54) is 0 Å². The molecule has 0 spiro atoms. The molecule has 2 N–H and O–H groups in total. The summed E-state index contributed by atoms with van der Waals surface area (Å²) < 4.78 is 6.53. The number of rotatable bonds is 3. The zero-order chi connectivity index (χ0) is 13.1. The van der Waals surface area contributed by atoms with Gasteiger partial charge in [-0.15, -0.1) is 0 Å². The largest absolute Gasteiger partial charge is 0.437 e. The maximum absolute atomic E-state index is 6.06. The zero-order valence-electron chi connectivity index (χ0n) is 9.78. The van der Waals surface area contributed by atoms with Crippen molar-refractivity contribution in [1.82, 2.24) is 4.98 Å². The first-order chi connectivity index (χ1) is 8.60. The van der Waals surface area contributed by atoms with Crippen molar-refractivity contribution in [2.24, 2.45) is 5.73 Å². The third kappa shape index (κ3) is 3.02. The van der Waals surface area contributed by atoms with Crippen LogP contribution in [0.25, 0.3) is 0 Å². The molecule has 0 unspecified atom stereocenters. The summed E-state index contributed by atoms with van der Waals surface area (Å²) in [6.07, 6.45) is 1.64. The summed E-state index contributed by atoms with van der Waals surface area (Å²) >= 11 is 9.36. The summed E-state index contributed by atoms with van der Waals surface area (Å²) in [5.41, 5.74) is 7.62. The van der Waals surface area contributed by atoms with Crippen LogP contribution < -0.4 is 10.5 Å². The zero-order valence-corrected chi connectivity index (χ0v) is 12.1. The highest BCUT2D eigenvalue weighted by Gasteiger charge is 2.08. The normalized spacial score (nSPS) is 10.4. The van der Waals surface area contributed by atoms with Gasteiger partial charge < -0.3 is 10.5 Å². The van der Waals surface area contributed by atoms with Gasteiger partial charge in [0.2, 0.25) is 5.88 Å². The second-order valence-electron chi connectivity index (χ2n) is 3.85. The van der Waals surface area contributed by atoms with Crippen LogP contribution in [0.4, 0.5) is 0 Å². The minimum Gasteiger partial charge on any atom is -0.437 e. The molecule has 0 fully saturated rings. The molecule has 1 aromatic carbocycles. The standard InChI is InChI=1S/C13H12BrClN2O/c1-8-2-3-9(6-16)4-12(8)18-13-11(15)5-10(14)7-17-13/h2-5,7H,6,16H2,1H3. The lowest BCUT2D eigenvalue weighted by Gasteiger charge is -2.10. The summed E-state index contributed by atoms with van der Waals surface area (Å²) in [5, 5.41) is 0.460. The molecule has 0 aliphatic heterocycles. The first kappa shape index (κ1) is 13.3. The predicted octanol–water partition coefficient (Wildman–Crippen LogP) is 4.06. The first-order valence-corrected chi connectivity index (χ1v) is 6.55. The van der Waals surface area contributed by atoms with Gasteiger partial charge in [0.1, 0.15) is 10.8 Å². The fourth-order valence-corrected chi connectivity index (χ4v) is 2.13. The van der Waals surface area contributed by atoms with Gasteiger partial charge in [0.15, 0.2) is 0 Å². The molecule has 2 rings (SSSR count). The summed E-state index contributed by atoms with van der Waals surface area (Å²) in [6.45, 7) is 2.43. The highest BCUT2D eigenvalue weighted by molar-refractivity contribution is 9.10. The Hall–Kier alpha value is -1.10. The van der Waals surface area contributed by atoms with Gasteiger partial charge in [0.05, 0.1) is 0 Å². The highest BCUT2D eigenvalue weighted by Crippen LogP contribution is 2.31. The van der Waals surface area contributed by atoms with Gasteiger partial charge in [-0.1, -0.05) is 23.7 Å². The average Bonchev–Trinajstić information content (AvgIpc) is 2.35. The number of ether oxygens (including phenoxy) is 1. The number of benzene rings is 1. The van der Waals surface area contributed by atoms with E-state index in [1.807, 2.05) is 25.1 Å². The van der Waals surface area contributed by atoms with Crippen molar-refractivity contribution in [1.29, 1.82) is 0 Å². The van der Waals surface area contributed by atoms with Crippen LogP contribution in [-0.4, -0.2) is 4.98 Å². The van der Waals surface area contributed by atoms with Crippen LogP contribution in [0.5, 0.6) is 11.6 Å². The molecule has 0 saturated carbocycles. The minimum absolute atomic E-state index is 0.386. The lowest BCUT2D eigenvalue weighted by molar-refractivity contribution is 0.459. The van der Waals surface area contributed by atoms with Crippen molar-refractivity contribution in [3.8, 4) is 11.6 Å². The van der Waals surface area contributed by atoms with Crippen LogP contribution in [-0.2, 0) is 6.54 Å². The Labute approximate surface area is 119 Å². The Kier molecular flexibility index (Phi) is 4.22. The minimum atomic E-state index is 0.386. The molecular weight excluding hydrogens is 316 g/mol. The maximum Gasteiger partial charge on any atom is 0.238 e. The number of nitrogens with zero attached hydrogens (tertiary/aromatic N) is 1. The summed E-state index contributed by atoms with van der Waals surface area (Å²) in [6, 6.07) is 7.57. The van der Waals surface area contributed by atoms with Gasteiger partial charge in [-0.2, -0.15) is 0 Å². The smallest absolute Gasteiger partial charge is 0.238 e. The molecule has 0 aliphatic carbocycles. The number of hydrogen-bond acceptors (Lipinski definition) is 3. The molecule has 94 valence electrons. The first-order valence-electron chi connectivity index (χ1n) is 5.38. The molecule has 0 bridgehead atoms. The van der Waals surface area contributed by atoms with E-state index in [9.17, 15) is 0 Å². The molecule has 1 heterocycles. The Morgan fingerprint density at radius 2 is 2.17 bits per heavy atom. The number of aryl methyl sites for hydroxylation is 1. The van der Waals surface area contributed by atoms with Crippen LogP contribution in [0.2, 0.25) is 5.02 Å². The second kappa shape index (κ2) is 5.69. The topological polar surface area (TPSA) is 48.1 Å². The Morgan fingerprint density at radius 1 is 1.39 bits per heavy atom. The molecule has 5 heteroatoms. The van der Waals surface area contributed by atoms with E-state index in [0.717, 1.165) is 21.3 Å². The maximum atomic E-state index is 6.06. The molecule has 2 aromatic rings. The quantitative estimate of drug-likeness (QED) is 0.925. The molecule has 18 heavy (non-hydrogen) atoms. The van der Waals surface area contributed by atoms with E-state index in [1.54, 1.807) is 12.3 Å². The average molecular weight is 328 g/mol. The Balaban J connectivity index is 2.33. The molecule has 0 saturated heterocycles. The van der Waals surface area contributed by atoms with Crippen LogP contribution in [0.3, 0.4) is 0 Å². The molecular formula is C13H12BrClN2O. The van der Waals surface area contributed by atoms with E-state index in [2.05, 4.69) is 20.9 Å². The number of aromatic nitrogens is 1. The summed E-state index contributed by atoms with van der Waals surface area (Å²) in [4.78, 5) is 4.14. The predicted molar refractivity (Wildman–Crippen MR) is 76.1 cm³/mol. The molecule has 3 nitrogen and oxygen atoms in total. The molecule has 0 aliphatic rings. The van der Waals surface area contributed by atoms with Crippen molar-refractivity contribution < 1.29 is 4.74 Å². The number of pyridine rings is 1. The van der Waals surface area contributed by atoms with Crippen LogP contribution in [0, 0.1) is 6.92 Å². The third-order valence-corrected chi connectivity index (χ3v) is 3.17. The summed E-state index contributed by atoms with van der Waals surface area (Å²) in [5.74, 6) is 1.10. The van der Waals surface area contributed by atoms with E-state index in [4.69, 9.17) is 22.1 Å². The Morgan fingerprint density at radius 3 is 2.83 bits per heavy atom. The lowest BCUT2D eigenvalue weighted by atomic mass is 10.1. The van der Waals surface area contributed by atoms with Crippen molar-refractivity contribution in [3.63, 3.8) is 0 Å². The van der Waals surface area contributed by atoms with Crippen molar-refractivity contribution in [2.75, 3.05) is 0 Å². The van der Waals surface area contributed by atoms with E-state index in [0.29, 0.717) is 17.4 Å². The number of halogens is 2. The fourth-order valence-electron chi connectivity index (χ4n) is 1.46. The third-order valence-electron chi connectivity index (χ3n) is 2.47. The van der Waals surface area contributed by atoms with Gasteiger partial charge in [0, 0.05) is 17.2 Å². The molecule has 0 atom stereocenters. The molecule has 1 aromatic heterocycles. The Bertz CT molecular complexity index is 575. The fraction of sp³-hybridized carbons (Fsp3) is 0.154. The molecule has 0 amide bonds. The number of hydrogen-bond donors (Lipinski definition) is 1. The SMILES string of the molecule is Cc1ccc(CN)cc1Oc1ncc(Br)cc1Cl. The van der Waals surface area contributed by atoms with Gasteiger partial charge >= 0.3 is 0 Å². The van der Waals surface area contributed by atoms with Crippen LogP contribution in [0.1, 0.15) is 11.1 Å². The van der Waals surface area contributed by atoms with Crippen LogP contribution >= 0.6 is 27.5 Å². The van der Waals surface area contributed by atoms with Crippen molar-refractivity contribution >= 4 is 27.5 Å². The van der Waals surface area contributed by atoms with Gasteiger partial charge in [-0.25, -0.2) is 4.98 Å². The van der Waals surface area contributed by atoms with Gasteiger partial charge in [-0.05, 0) is 46.1 Å². The number of nitrogens with two attached hydrogens (primary N) is 1. The molecule has 0 radical (unpaired) electrons. The highest BCUT2D eigenvalue weighted by atomic mass is 79.9. The van der Waals surface area contributed by atoms with E-state index < -0.39 is 0 Å². The van der Waals surface area contributed by atoms with Crippen molar-refractivity contribution in [3.05, 3.63) is 51.1 Å². The van der Waals surface area contributed by atoms with Crippen molar-refractivity contribution in [2.45, 2.75) is 13.5 Å². The summed E-state index contributed by atoms with van der Waals surface area (Å²) in [7, 11) is 0. The second-order valence-corrected chi connectivity index (χ2v) is 5.17. The van der Waals surface area contributed by atoms with Gasteiger partial charge in [0.25, 0.3) is 0 Å². The van der Waals surface area contributed by atoms with Crippen LogP contribution in [0.15, 0.2) is 34.9 Å². The lowest BCUT2D eigenvalue weighted by Crippen LogP contribution is -1.98. The monoisotopic (exact) mass is 326 g/mol. The van der Waals surface area contributed by atoms with E-state index >= 15 is 0 Å². The van der Waals surface area contributed by atoms with Gasteiger partial charge in [-0.3, -0.25) is 0 Å². The van der Waals surface area contributed by atoms with E-state index in [-0.39, 0.29) is 0 Å².